The number of nitrogens with one attached hydrogen (secondary N) is 1. The fourth-order valence-electron chi connectivity index (χ4n) is 5.20. The molecule has 2 aromatic carbocycles. The predicted octanol–water partition coefficient (Wildman–Crippen LogP) is 3.56. The fraction of sp³-hybridized carbons (Fsp3) is 0.364. The average molecular weight is 429 g/mol. The van der Waals surface area contributed by atoms with Gasteiger partial charge in [-0.15, -0.1) is 11.8 Å². The molecule has 3 aliphatic rings. The van der Waals surface area contributed by atoms with Gasteiger partial charge in [0.05, 0.1) is 5.92 Å². The molecule has 0 unspecified atom stereocenters. The lowest BCUT2D eigenvalue weighted by Crippen LogP contribution is -2.55. The van der Waals surface area contributed by atoms with Crippen molar-refractivity contribution in [2.75, 3.05) is 28.4 Å². The molecular weight excluding hydrogens is 408 g/mol. The maximum absolute atomic E-state index is 13.8. The van der Waals surface area contributed by atoms with E-state index in [1.165, 1.54) is 6.07 Å². The number of nitrogens with zero attached hydrogens (tertiary/aromatic N) is 2. The molecule has 3 atom stereocenters. The number of benzene rings is 2. The number of hydrogen-bond acceptors (Lipinski definition) is 4. The first-order valence-corrected chi connectivity index (χ1v) is 11.2. The summed E-state index contributed by atoms with van der Waals surface area (Å²) in [5, 5.41) is 2.73. The van der Waals surface area contributed by atoms with E-state index in [9.17, 15) is 18.4 Å². The Kier molecular flexibility index (Phi) is 4.59. The molecule has 2 saturated heterocycles. The van der Waals surface area contributed by atoms with E-state index in [4.69, 9.17) is 0 Å². The smallest absolute Gasteiger partial charge is 0.253 e. The highest BCUT2D eigenvalue weighted by atomic mass is 32.2. The summed E-state index contributed by atoms with van der Waals surface area (Å²) >= 11 is 1.77. The molecule has 0 saturated carbocycles. The van der Waals surface area contributed by atoms with Crippen molar-refractivity contribution in [1.82, 2.24) is 4.90 Å². The Bertz CT molecular complexity index is 1050. The van der Waals surface area contributed by atoms with Crippen LogP contribution in [-0.4, -0.2) is 40.9 Å². The summed E-state index contributed by atoms with van der Waals surface area (Å²) in [6, 6.07) is 11.1. The summed E-state index contributed by atoms with van der Waals surface area (Å²) in [6.45, 7) is 2.44. The molecular formula is C22H21F2N3O2S. The minimum Gasteiger partial charge on any atom is -0.326 e. The summed E-state index contributed by atoms with van der Waals surface area (Å²) in [6.07, 6.45) is 0.542. The zero-order valence-electron chi connectivity index (χ0n) is 16.4. The zero-order valence-corrected chi connectivity index (χ0v) is 17.2. The van der Waals surface area contributed by atoms with E-state index in [2.05, 4.69) is 10.2 Å². The van der Waals surface area contributed by atoms with E-state index in [1.807, 2.05) is 31.2 Å². The fourth-order valence-corrected chi connectivity index (χ4v) is 6.50. The molecule has 0 aromatic heterocycles. The van der Waals surface area contributed by atoms with Gasteiger partial charge in [-0.25, -0.2) is 8.78 Å². The Balaban J connectivity index is 1.59. The lowest BCUT2D eigenvalue weighted by molar-refractivity contribution is -0.136. The number of amides is 2. The van der Waals surface area contributed by atoms with Crippen LogP contribution in [0, 0.1) is 17.6 Å². The van der Waals surface area contributed by atoms with Crippen molar-refractivity contribution in [2.24, 2.45) is 5.92 Å². The highest BCUT2D eigenvalue weighted by molar-refractivity contribution is 7.99. The zero-order chi connectivity index (χ0) is 21.0. The summed E-state index contributed by atoms with van der Waals surface area (Å²) in [4.78, 5) is 31.2. The predicted molar refractivity (Wildman–Crippen MR) is 112 cm³/mol. The summed E-state index contributed by atoms with van der Waals surface area (Å²) in [5.74, 6) is -1.51. The number of fused-ring (bicyclic) bond motifs is 4. The van der Waals surface area contributed by atoms with Crippen LogP contribution in [0.1, 0.15) is 18.9 Å². The number of para-hydroxylation sites is 1. The van der Waals surface area contributed by atoms with Gasteiger partial charge in [0.15, 0.2) is 11.6 Å². The van der Waals surface area contributed by atoms with Crippen LogP contribution < -0.4 is 10.2 Å². The minimum absolute atomic E-state index is 0.0818. The molecule has 0 radical (unpaired) electrons. The largest absolute Gasteiger partial charge is 0.326 e. The number of thioether (sulfide) groups is 1. The average Bonchev–Trinajstić information content (AvgIpc) is 3.38. The van der Waals surface area contributed by atoms with Crippen molar-refractivity contribution in [3.05, 3.63) is 59.7 Å². The first kappa shape index (κ1) is 19.5. The van der Waals surface area contributed by atoms with Gasteiger partial charge in [0.25, 0.3) is 5.91 Å². The van der Waals surface area contributed by atoms with Gasteiger partial charge in [-0.3, -0.25) is 14.5 Å². The molecule has 2 amide bonds. The van der Waals surface area contributed by atoms with Gasteiger partial charge >= 0.3 is 0 Å². The maximum atomic E-state index is 13.8. The third-order valence-electron chi connectivity index (χ3n) is 6.44. The van der Waals surface area contributed by atoms with Crippen LogP contribution in [0.25, 0.3) is 0 Å². The quantitative estimate of drug-likeness (QED) is 0.811. The second kappa shape index (κ2) is 7.06. The lowest BCUT2D eigenvalue weighted by atomic mass is 9.79. The van der Waals surface area contributed by atoms with Crippen molar-refractivity contribution in [3.8, 4) is 0 Å². The number of hydrogen-bond donors (Lipinski definition) is 1. The molecule has 156 valence electrons. The molecule has 3 heterocycles. The molecule has 8 heteroatoms. The van der Waals surface area contributed by atoms with Gasteiger partial charge in [-0.05, 0) is 31.5 Å². The van der Waals surface area contributed by atoms with Crippen LogP contribution >= 0.6 is 11.8 Å². The Labute approximate surface area is 177 Å². The van der Waals surface area contributed by atoms with Gasteiger partial charge < -0.3 is 10.2 Å². The molecule has 2 aromatic rings. The number of anilines is 2. The second-order valence-electron chi connectivity index (χ2n) is 7.86. The van der Waals surface area contributed by atoms with Gasteiger partial charge in [0.1, 0.15) is 5.54 Å². The van der Waals surface area contributed by atoms with E-state index in [0.717, 1.165) is 29.1 Å². The maximum Gasteiger partial charge on any atom is 0.253 e. The third kappa shape index (κ3) is 2.56. The highest BCUT2D eigenvalue weighted by Crippen LogP contribution is 2.57. The van der Waals surface area contributed by atoms with Crippen molar-refractivity contribution < 1.29 is 18.4 Å². The monoisotopic (exact) mass is 429 g/mol. The molecule has 30 heavy (non-hydrogen) atoms. The van der Waals surface area contributed by atoms with Crippen LogP contribution in [0.5, 0.6) is 0 Å². The molecule has 0 bridgehead atoms. The van der Waals surface area contributed by atoms with E-state index >= 15 is 0 Å². The number of halogens is 2. The number of carbonyl (C=O) groups is 2. The molecule has 3 aliphatic heterocycles. The Morgan fingerprint density at radius 1 is 1.23 bits per heavy atom. The van der Waals surface area contributed by atoms with Crippen LogP contribution in [0.3, 0.4) is 0 Å². The Morgan fingerprint density at radius 2 is 2.03 bits per heavy atom. The Hall–Kier alpha value is -2.45. The SMILES string of the molecule is CCN1C(=O)[C@]2(c3ccccc31)[C@H](C(=O)Nc1ccc(F)c(F)c1)C[C@@H]1CSCN12. The van der Waals surface area contributed by atoms with Crippen LogP contribution in [-0.2, 0) is 15.1 Å². The third-order valence-corrected chi connectivity index (χ3v) is 7.52. The van der Waals surface area contributed by atoms with Crippen molar-refractivity contribution in [1.29, 1.82) is 0 Å². The molecule has 2 fully saturated rings. The minimum atomic E-state index is -1.07. The van der Waals surface area contributed by atoms with E-state index in [0.29, 0.717) is 18.8 Å². The van der Waals surface area contributed by atoms with Gasteiger partial charge in [-0.2, -0.15) is 0 Å². The van der Waals surface area contributed by atoms with E-state index in [1.54, 1.807) is 16.7 Å². The van der Waals surface area contributed by atoms with Crippen molar-refractivity contribution in [3.63, 3.8) is 0 Å². The van der Waals surface area contributed by atoms with E-state index < -0.39 is 23.1 Å². The summed E-state index contributed by atoms with van der Waals surface area (Å²) < 4.78 is 26.9. The molecule has 1 N–H and O–H groups in total. The normalized spacial score (nSPS) is 27.6. The number of rotatable bonds is 3. The second-order valence-corrected chi connectivity index (χ2v) is 8.86. The molecule has 1 spiro atoms. The van der Waals surface area contributed by atoms with Gasteiger partial charge in [-0.1, -0.05) is 18.2 Å². The van der Waals surface area contributed by atoms with Crippen molar-refractivity contribution >= 4 is 35.0 Å². The topological polar surface area (TPSA) is 52.7 Å². The number of carbonyl (C=O) groups excluding carboxylic acids is 2. The van der Waals surface area contributed by atoms with E-state index in [-0.39, 0.29) is 23.5 Å². The standard InChI is InChI=1S/C22H21F2N3O2S/c1-2-26-19-6-4-3-5-15(19)22(21(26)29)16(10-14-11-30-12-27(14)22)20(28)25-13-7-8-17(23)18(24)9-13/h3-9,14,16H,2,10-12H2,1H3,(H,25,28)/t14-,16+,22+/m1/s1. The van der Waals surface area contributed by atoms with Crippen LogP contribution in [0.4, 0.5) is 20.2 Å². The molecule has 0 aliphatic carbocycles. The summed E-state index contributed by atoms with van der Waals surface area (Å²) in [5.41, 5.74) is 0.811. The summed E-state index contributed by atoms with van der Waals surface area (Å²) in [7, 11) is 0. The molecule has 5 nitrogen and oxygen atoms in total. The lowest BCUT2D eigenvalue weighted by Gasteiger charge is -2.36. The van der Waals surface area contributed by atoms with Gasteiger partial charge in [0, 0.05) is 47.2 Å². The highest BCUT2D eigenvalue weighted by Gasteiger charge is 2.67. The first-order valence-electron chi connectivity index (χ1n) is 10.00. The van der Waals surface area contributed by atoms with Gasteiger partial charge in [0.2, 0.25) is 5.91 Å². The van der Waals surface area contributed by atoms with Crippen molar-refractivity contribution in [2.45, 2.75) is 24.9 Å². The van der Waals surface area contributed by atoms with Crippen LogP contribution in [0.2, 0.25) is 0 Å². The first-order chi connectivity index (χ1) is 14.5. The molecule has 5 rings (SSSR count). The van der Waals surface area contributed by atoms with Crippen LogP contribution in [0.15, 0.2) is 42.5 Å². The number of likely N-dealkylation sites (N-methyl/N-ethyl adjacent to an activating group) is 1. The Morgan fingerprint density at radius 3 is 2.80 bits per heavy atom.